The number of nitrogens with zero attached hydrogens (tertiary/aromatic N) is 5. The Balaban J connectivity index is 1.56. The Hall–Kier alpha value is -3.68. The topological polar surface area (TPSA) is 97.6 Å². The standard InChI is InChI=1S/C19H12F3N5O3/c20-19(21,22)17(29)25-8-10-6-13(25)15-16(28)27(18(30)26(10)15)12-4-3-9(7-23)14-11(12)2-1-5-24-14/h1-5,10,13,15H,6,8H2/t10-,13?,15-/m1/s1. The molecule has 2 aromatic rings. The smallest absolute Gasteiger partial charge is 0.327 e. The molecule has 0 aliphatic carbocycles. The van der Waals surface area contributed by atoms with E-state index in [1.807, 2.05) is 6.07 Å². The largest absolute Gasteiger partial charge is 0.471 e. The van der Waals surface area contributed by atoms with E-state index in [0.717, 1.165) is 4.90 Å². The number of pyridine rings is 1. The maximum absolute atomic E-state index is 13.2. The molecule has 3 aliphatic heterocycles. The van der Waals surface area contributed by atoms with Gasteiger partial charge < -0.3 is 9.80 Å². The number of nitriles is 1. The van der Waals surface area contributed by atoms with E-state index in [0.29, 0.717) is 15.8 Å². The van der Waals surface area contributed by atoms with E-state index in [2.05, 4.69) is 4.98 Å². The summed E-state index contributed by atoms with van der Waals surface area (Å²) in [6.45, 7) is -0.262. The molecule has 1 aromatic heterocycles. The van der Waals surface area contributed by atoms with Crippen molar-refractivity contribution in [2.24, 2.45) is 0 Å². The number of hydrogen-bond acceptors (Lipinski definition) is 5. The van der Waals surface area contributed by atoms with Gasteiger partial charge >= 0.3 is 18.1 Å². The van der Waals surface area contributed by atoms with Gasteiger partial charge in [0.15, 0.2) is 0 Å². The minimum Gasteiger partial charge on any atom is -0.327 e. The Morgan fingerprint density at radius 2 is 2.00 bits per heavy atom. The molecule has 3 saturated heterocycles. The maximum Gasteiger partial charge on any atom is 0.471 e. The first kappa shape index (κ1) is 18.4. The highest BCUT2D eigenvalue weighted by atomic mass is 19.4. The molecule has 0 spiro atoms. The Morgan fingerprint density at radius 3 is 2.70 bits per heavy atom. The van der Waals surface area contributed by atoms with Gasteiger partial charge in [0.05, 0.1) is 28.9 Å². The molecule has 0 radical (unpaired) electrons. The molecule has 3 atom stereocenters. The number of piperazine rings is 1. The lowest BCUT2D eigenvalue weighted by Crippen LogP contribution is -2.57. The van der Waals surface area contributed by atoms with E-state index in [9.17, 15) is 32.8 Å². The van der Waals surface area contributed by atoms with Crippen LogP contribution in [-0.4, -0.2) is 63.5 Å². The van der Waals surface area contributed by atoms with Gasteiger partial charge in [0.25, 0.3) is 5.91 Å². The molecule has 4 heterocycles. The first-order chi connectivity index (χ1) is 14.2. The molecule has 0 saturated carbocycles. The zero-order valence-electron chi connectivity index (χ0n) is 15.1. The minimum atomic E-state index is -5.05. The summed E-state index contributed by atoms with van der Waals surface area (Å²) in [5.41, 5.74) is 0.771. The number of anilines is 1. The van der Waals surface area contributed by atoms with Crippen LogP contribution >= 0.6 is 0 Å². The molecule has 4 amide bonds. The number of aromatic nitrogens is 1. The van der Waals surface area contributed by atoms with Gasteiger partial charge in [-0.15, -0.1) is 0 Å². The molecule has 11 heteroatoms. The van der Waals surface area contributed by atoms with Crippen molar-refractivity contribution in [2.45, 2.75) is 30.7 Å². The molecule has 3 aliphatic rings. The lowest BCUT2D eigenvalue weighted by Gasteiger charge is -2.35. The Labute approximate surface area is 167 Å². The number of likely N-dealkylation sites (tertiary alicyclic amines) is 1. The van der Waals surface area contributed by atoms with Crippen LogP contribution in [0.5, 0.6) is 0 Å². The van der Waals surface area contributed by atoms with Crippen LogP contribution in [0.15, 0.2) is 30.5 Å². The van der Waals surface area contributed by atoms with E-state index in [1.165, 1.54) is 23.2 Å². The fraction of sp³-hybridized carbons (Fsp3) is 0.316. The van der Waals surface area contributed by atoms with E-state index in [-0.39, 0.29) is 24.2 Å². The fourth-order valence-electron chi connectivity index (χ4n) is 4.72. The van der Waals surface area contributed by atoms with Crippen LogP contribution in [0, 0.1) is 11.3 Å². The van der Waals surface area contributed by atoms with Crippen LogP contribution in [0.25, 0.3) is 10.9 Å². The van der Waals surface area contributed by atoms with E-state index < -0.39 is 42.1 Å². The number of halogens is 3. The molecule has 3 fully saturated rings. The van der Waals surface area contributed by atoms with Crippen LogP contribution in [0.2, 0.25) is 0 Å². The molecule has 1 unspecified atom stereocenters. The number of amides is 4. The van der Waals surface area contributed by atoms with Gasteiger partial charge in [0.1, 0.15) is 12.1 Å². The second-order valence-corrected chi connectivity index (χ2v) is 7.36. The average molecular weight is 415 g/mol. The second kappa shape index (κ2) is 5.91. The van der Waals surface area contributed by atoms with Crippen molar-refractivity contribution in [3.63, 3.8) is 0 Å². The Morgan fingerprint density at radius 1 is 1.23 bits per heavy atom. The molecule has 8 nitrogen and oxygen atoms in total. The van der Waals surface area contributed by atoms with Gasteiger partial charge in [-0.2, -0.15) is 18.4 Å². The van der Waals surface area contributed by atoms with Gasteiger partial charge in [-0.3, -0.25) is 14.6 Å². The van der Waals surface area contributed by atoms with Crippen LogP contribution in [0.4, 0.5) is 23.7 Å². The van der Waals surface area contributed by atoms with Gasteiger partial charge in [-0.25, -0.2) is 9.69 Å². The first-order valence-electron chi connectivity index (χ1n) is 9.06. The fourth-order valence-corrected chi connectivity index (χ4v) is 4.72. The summed E-state index contributed by atoms with van der Waals surface area (Å²) in [5.74, 6) is -2.69. The van der Waals surface area contributed by atoms with Crippen molar-refractivity contribution in [3.8, 4) is 6.07 Å². The molecule has 5 rings (SSSR count). The summed E-state index contributed by atoms with van der Waals surface area (Å²) in [6, 6.07) is 4.59. The lowest BCUT2D eigenvalue weighted by molar-refractivity contribution is -0.188. The lowest BCUT2D eigenvalue weighted by atomic mass is 10.1. The monoisotopic (exact) mass is 415 g/mol. The third-order valence-electron chi connectivity index (χ3n) is 5.88. The molecular weight excluding hydrogens is 403 g/mol. The highest BCUT2D eigenvalue weighted by molar-refractivity contribution is 6.25. The number of rotatable bonds is 1. The molecular formula is C19H12F3N5O3. The number of alkyl halides is 3. The van der Waals surface area contributed by atoms with Gasteiger partial charge in [0.2, 0.25) is 0 Å². The van der Waals surface area contributed by atoms with Crippen molar-refractivity contribution in [1.29, 1.82) is 5.26 Å². The van der Waals surface area contributed by atoms with Crippen molar-refractivity contribution in [3.05, 3.63) is 36.0 Å². The van der Waals surface area contributed by atoms with Crippen LogP contribution in [-0.2, 0) is 9.59 Å². The SMILES string of the molecule is N#Cc1ccc(N2C(=O)[C@H]3C4C[C@H](CN4C(=O)C(F)(F)F)N3C2=O)c2cccnc12. The highest BCUT2D eigenvalue weighted by Crippen LogP contribution is 2.44. The normalized spacial score (nSPS) is 25.3. The molecule has 152 valence electrons. The Kier molecular flexibility index (Phi) is 3.62. The summed E-state index contributed by atoms with van der Waals surface area (Å²) in [6.07, 6.45) is -3.44. The summed E-state index contributed by atoms with van der Waals surface area (Å²) in [4.78, 5) is 45.0. The predicted octanol–water partition coefficient (Wildman–Crippen LogP) is 1.79. The zero-order chi connectivity index (χ0) is 21.4. The van der Waals surface area contributed by atoms with Crippen molar-refractivity contribution in [1.82, 2.24) is 14.8 Å². The molecule has 1 aromatic carbocycles. The van der Waals surface area contributed by atoms with Gasteiger partial charge in [-0.05, 0) is 30.7 Å². The molecule has 30 heavy (non-hydrogen) atoms. The number of carbonyl (C=O) groups is 3. The van der Waals surface area contributed by atoms with Gasteiger partial charge in [0, 0.05) is 18.1 Å². The number of fused-ring (bicyclic) bond motifs is 6. The van der Waals surface area contributed by atoms with Crippen LogP contribution < -0.4 is 4.90 Å². The number of imide groups is 1. The van der Waals surface area contributed by atoms with Crippen LogP contribution in [0.1, 0.15) is 12.0 Å². The van der Waals surface area contributed by atoms with E-state index in [1.54, 1.807) is 12.1 Å². The van der Waals surface area contributed by atoms with Crippen LogP contribution in [0.3, 0.4) is 0 Å². The van der Waals surface area contributed by atoms with E-state index >= 15 is 0 Å². The average Bonchev–Trinajstić information content (AvgIpc) is 3.37. The summed E-state index contributed by atoms with van der Waals surface area (Å²) in [7, 11) is 0. The number of benzene rings is 1. The van der Waals surface area contributed by atoms with Crippen molar-refractivity contribution >= 4 is 34.4 Å². The summed E-state index contributed by atoms with van der Waals surface area (Å²) >= 11 is 0. The third-order valence-corrected chi connectivity index (χ3v) is 5.88. The number of hydrogen-bond donors (Lipinski definition) is 0. The van der Waals surface area contributed by atoms with E-state index in [4.69, 9.17) is 0 Å². The minimum absolute atomic E-state index is 0.132. The zero-order valence-corrected chi connectivity index (χ0v) is 15.1. The summed E-state index contributed by atoms with van der Waals surface area (Å²) in [5, 5.41) is 9.67. The number of urea groups is 1. The highest BCUT2D eigenvalue weighted by Gasteiger charge is 2.64. The predicted molar refractivity (Wildman–Crippen MR) is 94.9 cm³/mol. The second-order valence-electron chi connectivity index (χ2n) is 7.36. The maximum atomic E-state index is 13.2. The first-order valence-corrected chi connectivity index (χ1v) is 9.06. The van der Waals surface area contributed by atoms with Crippen molar-refractivity contribution in [2.75, 3.05) is 11.4 Å². The van der Waals surface area contributed by atoms with Crippen molar-refractivity contribution < 1.29 is 27.6 Å². The molecule has 0 N–H and O–H groups in total. The van der Waals surface area contributed by atoms with Gasteiger partial charge in [-0.1, -0.05) is 0 Å². The quantitative estimate of drug-likeness (QED) is 0.662. The third kappa shape index (κ3) is 2.27. The Bertz CT molecular complexity index is 1170. The number of carbonyl (C=O) groups excluding carboxylic acids is 3. The summed E-state index contributed by atoms with van der Waals surface area (Å²) < 4.78 is 38.8. The molecule has 2 bridgehead atoms.